The highest BCUT2D eigenvalue weighted by molar-refractivity contribution is 5.98. The van der Waals surface area contributed by atoms with Crippen molar-refractivity contribution in [1.29, 1.82) is 0 Å². The van der Waals surface area contributed by atoms with E-state index in [0.717, 1.165) is 34.9 Å². The van der Waals surface area contributed by atoms with Crippen molar-refractivity contribution < 1.29 is 13.2 Å². The van der Waals surface area contributed by atoms with Crippen LogP contribution in [0.5, 0.6) is 0 Å². The summed E-state index contributed by atoms with van der Waals surface area (Å²) in [5, 5.41) is 8.23. The second kappa shape index (κ2) is 5.72. The van der Waals surface area contributed by atoms with Crippen LogP contribution in [0.2, 0.25) is 0 Å². The Kier molecular flexibility index (Phi) is 3.71. The summed E-state index contributed by atoms with van der Waals surface area (Å²) in [6.07, 6.45) is -3.40. The van der Waals surface area contributed by atoms with E-state index in [1.54, 1.807) is 6.92 Å². The molecule has 1 atom stereocenters. The highest BCUT2D eigenvalue weighted by Crippen LogP contribution is 2.38. The van der Waals surface area contributed by atoms with Crippen LogP contribution in [0, 0.1) is 13.8 Å². The van der Waals surface area contributed by atoms with Crippen LogP contribution in [0.15, 0.2) is 24.3 Å². The van der Waals surface area contributed by atoms with E-state index in [-0.39, 0.29) is 6.04 Å². The molecule has 3 heterocycles. The fourth-order valence-electron chi connectivity index (χ4n) is 3.55. The molecule has 7 heteroatoms. The van der Waals surface area contributed by atoms with Crippen molar-refractivity contribution in [3.05, 3.63) is 41.1 Å². The molecule has 0 radical (unpaired) electrons. The monoisotopic (exact) mass is 360 g/mol. The fourth-order valence-corrected chi connectivity index (χ4v) is 3.55. The average Bonchev–Trinajstić information content (AvgIpc) is 2.92. The van der Waals surface area contributed by atoms with E-state index in [2.05, 4.69) is 17.2 Å². The van der Waals surface area contributed by atoms with Crippen molar-refractivity contribution >= 4 is 16.7 Å². The molecule has 1 aromatic carbocycles. The van der Waals surface area contributed by atoms with Gasteiger partial charge in [0.1, 0.15) is 16.7 Å². The Hall–Kier alpha value is -2.57. The normalized spacial score (nSPS) is 16.8. The molecule has 1 unspecified atom stereocenters. The molecule has 0 spiro atoms. The third-order valence-corrected chi connectivity index (χ3v) is 4.88. The van der Waals surface area contributed by atoms with Gasteiger partial charge in [-0.3, -0.25) is 4.68 Å². The van der Waals surface area contributed by atoms with Crippen molar-refractivity contribution in [3.8, 4) is 11.3 Å². The van der Waals surface area contributed by atoms with Crippen LogP contribution in [0.25, 0.3) is 22.3 Å². The lowest BCUT2D eigenvalue weighted by Gasteiger charge is -2.24. The van der Waals surface area contributed by atoms with Gasteiger partial charge in [-0.05, 0) is 44.0 Å². The Bertz CT molecular complexity index is 1000. The molecule has 4 nitrogen and oxygen atoms in total. The van der Waals surface area contributed by atoms with Crippen molar-refractivity contribution in [1.82, 2.24) is 14.8 Å². The number of benzene rings is 1. The molecule has 0 saturated heterocycles. The highest BCUT2D eigenvalue weighted by Gasteiger charge is 2.31. The molecule has 26 heavy (non-hydrogen) atoms. The molecule has 0 fully saturated rings. The minimum atomic E-state index is -4.35. The number of alkyl halides is 3. The number of aryl methyl sites for hydroxylation is 2. The van der Waals surface area contributed by atoms with E-state index in [4.69, 9.17) is 5.10 Å². The maximum absolute atomic E-state index is 13.0. The van der Waals surface area contributed by atoms with Crippen LogP contribution in [0.1, 0.15) is 30.2 Å². The summed E-state index contributed by atoms with van der Waals surface area (Å²) in [5.41, 5.74) is 4.67. The maximum Gasteiger partial charge on any atom is 0.416 e. The van der Waals surface area contributed by atoms with E-state index in [0.29, 0.717) is 23.4 Å². The molecule has 0 aliphatic carbocycles. The quantitative estimate of drug-likeness (QED) is 0.704. The van der Waals surface area contributed by atoms with Crippen molar-refractivity contribution in [3.63, 3.8) is 0 Å². The summed E-state index contributed by atoms with van der Waals surface area (Å²) in [5.74, 6) is 0. The Labute approximate surface area is 149 Å². The zero-order chi connectivity index (χ0) is 18.6. The summed E-state index contributed by atoms with van der Waals surface area (Å²) in [4.78, 5) is 4.63. The van der Waals surface area contributed by atoms with E-state index in [1.807, 2.05) is 17.7 Å². The van der Waals surface area contributed by atoms with Gasteiger partial charge in [-0.1, -0.05) is 13.0 Å². The Morgan fingerprint density at radius 2 is 2.00 bits per heavy atom. The van der Waals surface area contributed by atoms with Crippen molar-refractivity contribution in [2.24, 2.45) is 0 Å². The van der Waals surface area contributed by atoms with Gasteiger partial charge >= 0.3 is 6.18 Å². The molecule has 0 amide bonds. The number of rotatable bonds is 2. The highest BCUT2D eigenvalue weighted by atomic mass is 19.4. The molecule has 136 valence electrons. The first-order valence-electron chi connectivity index (χ1n) is 8.61. The molecule has 0 saturated carbocycles. The van der Waals surface area contributed by atoms with Gasteiger partial charge in [0.2, 0.25) is 0 Å². The molecule has 1 aliphatic rings. The van der Waals surface area contributed by atoms with Crippen LogP contribution in [0.3, 0.4) is 0 Å². The summed E-state index contributed by atoms with van der Waals surface area (Å²) in [6, 6.07) is 6.04. The minimum Gasteiger partial charge on any atom is -0.379 e. The zero-order valence-electron chi connectivity index (χ0n) is 14.8. The van der Waals surface area contributed by atoms with Crippen LogP contribution in [0.4, 0.5) is 18.9 Å². The molecule has 3 aromatic rings. The molecular weight excluding hydrogens is 341 g/mol. The first-order valence-corrected chi connectivity index (χ1v) is 8.61. The lowest BCUT2D eigenvalue weighted by Crippen LogP contribution is -2.29. The smallest absolute Gasteiger partial charge is 0.379 e. The van der Waals surface area contributed by atoms with Crippen LogP contribution < -0.4 is 5.32 Å². The summed E-state index contributed by atoms with van der Waals surface area (Å²) >= 11 is 0. The summed E-state index contributed by atoms with van der Waals surface area (Å²) < 4.78 is 40.8. The van der Waals surface area contributed by atoms with Crippen molar-refractivity contribution in [2.75, 3.05) is 5.32 Å². The standard InChI is InChI=1S/C19H19F3N4/c1-4-13-9-26-18-15(24-13)8-11(3)23-17(18)16(25-26)14-6-5-12(7-10(14)2)19(20,21)22/h5-8,13,24H,4,9H2,1-3H3. The van der Waals surface area contributed by atoms with Gasteiger partial charge in [0.25, 0.3) is 0 Å². The predicted molar refractivity (Wildman–Crippen MR) is 95.1 cm³/mol. The molecule has 0 bridgehead atoms. The van der Waals surface area contributed by atoms with Crippen LogP contribution in [-0.4, -0.2) is 20.8 Å². The molecule has 1 aliphatic heterocycles. The van der Waals surface area contributed by atoms with Gasteiger partial charge in [0.15, 0.2) is 0 Å². The molecular formula is C19H19F3N4. The topological polar surface area (TPSA) is 42.7 Å². The number of anilines is 1. The number of hydrogen-bond acceptors (Lipinski definition) is 3. The van der Waals surface area contributed by atoms with Gasteiger partial charge in [-0.15, -0.1) is 0 Å². The fraction of sp³-hybridized carbons (Fsp3) is 0.368. The van der Waals surface area contributed by atoms with Gasteiger partial charge in [-0.25, -0.2) is 4.98 Å². The number of halogens is 3. The molecule has 1 N–H and O–H groups in total. The number of nitrogens with one attached hydrogen (secondary N) is 1. The van der Waals surface area contributed by atoms with E-state index in [9.17, 15) is 13.2 Å². The maximum atomic E-state index is 13.0. The van der Waals surface area contributed by atoms with Crippen LogP contribution >= 0.6 is 0 Å². The van der Waals surface area contributed by atoms with Gasteiger partial charge in [0.05, 0.1) is 17.8 Å². The van der Waals surface area contributed by atoms with Crippen LogP contribution in [-0.2, 0) is 12.7 Å². The van der Waals surface area contributed by atoms with Gasteiger partial charge < -0.3 is 5.32 Å². The minimum absolute atomic E-state index is 0.272. The predicted octanol–water partition coefficient (Wildman–Crippen LogP) is 4.94. The molecule has 4 rings (SSSR count). The Morgan fingerprint density at radius 3 is 2.65 bits per heavy atom. The third kappa shape index (κ3) is 2.62. The number of aromatic nitrogens is 3. The SMILES string of the molecule is CCC1Cn2nc(-c3ccc(C(F)(F)F)cc3C)c3nc(C)cc(c32)N1. The zero-order valence-corrected chi connectivity index (χ0v) is 14.8. The van der Waals surface area contributed by atoms with Crippen molar-refractivity contribution in [2.45, 2.75) is 46.0 Å². The number of pyridine rings is 1. The lowest BCUT2D eigenvalue weighted by atomic mass is 10.0. The second-order valence-corrected chi connectivity index (χ2v) is 6.82. The first kappa shape index (κ1) is 16.9. The average molecular weight is 360 g/mol. The Balaban J connectivity index is 1.92. The third-order valence-electron chi connectivity index (χ3n) is 4.88. The van der Waals surface area contributed by atoms with E-state index >= 15 is 0 Å². The Morgan fingerprint density at radius 1 is 1.23 bits per heavy atom. The first-order chi connectivity index (χ1) is 12.3. The lowest BCUT2D eigenvalue weighted by molar-refractivity contribution is -0.137. The van der Waals surface area contributed by atoms with Gasteiger partial charge in [-0.2, -0.15) is 18.3 Å². The summed E-state index contributed by atoms with van der Waals surface area (Å²) in [6.45, 7) is 6.41. The largest absolute Gasteiger partial charge is 0.416 e. The second-order valence-electron chi connectivity index (χ2n) is 6.82. The van der Waals surface area contributed by atoms with Gasteiger partial charge in [0, 0.05) is 17.3 Å². The summed E-state index contributed by atoms with van der Waals surface area (Å²) in [7, 11) is 0. The molecule has 2 aromatic heterocycles. The number of hydrogen-bond donors (Lipinski definition) is 1. The number of nitrogens with zero attached hydrogens (tertiary/aromatic N) is 3. The van der Waals surface area contributed by atoms with E-state index in [1.165, 1.54) is 12.1 Å². The van der Waals surface area contributed by atoms with E-state index < -0.39 is 11.7 Å².